The third-order valence-electron chi connectivity index (χ3n) is 15.1. The fourth-order valence-electron chi connectivity index (χ4n) is 9.80. The van der Waals surface area contributed by atoms with E-state index < -0.39 is 20.0 Å². The van der Waals surface area contributed by atoms with E-state index in [0.717, 1.165) is 89.9 Å². The Kier molecular flexibility index (Phi) is 58.7. The molecule has 0 aromatic carbocycles. The van der Waals surface area contributed by atoms with Crippen LogP contribution in [0.25, 0.3) is 0 Å². The quantitative estimate of drug-likeness (QED) is 0.0205. The zero-order valence-corrected chi connectivity index (χ0v) is 54.9. The number of nitrogens with zero attached hydrogens (tertiary/aromatic N) is 1. The number of likely N-dealkylation sites (N-methyl/N-ethyl adjacent to an activating group) is 1. The van der Waals surface area contributed by atoms with Crippen LogP contribution in [0.15, 0.2) is 72.9 Å². The number of hydrogen-bond donors (Lipinski definition) is 2. The Hall–Kier alpha value is -2.55. The Labute approximate surface area is 502 Å². The summed E-state index contributed by atoms with van der Waals surface area (Å²) in [5.41, 5.74) is 0. The third-order valence-corrected chi connectivity index (χ3v) is 16.1. The zero-order valence-electron chi connectivity index (χ0n) is 54.0. The highest BCUT2D eigenvalue weighted by Gasteiger charge is 2.30. The Balaban J connectivity index is 5.06. The van der Waals surface area contributed by atoms with Gasteiger partial charge in [0.05, 0.1) is 33.8 Å². The molecule has 81 heavy (non-hydrogen) atoms. The number of unbranched alkanes of at least 4 members (excludes halogenated alkanes) is 36. The van der Waals surface area contributed by atoms with Crippen LogP contribution in [0, 0.1) is 0 Å². The number of phosphoric acid groups is 1. The van der Waals surface area contributed by atoms with Crippen molar-refractivity contribution in [3.8, 4) is 0 Å². The lowest BCUT2D eigenvalue weighted by molar-refractivity contribution is -0.870. The minimum Gasteiger partial charge on any atom is -0.456 e. The molecule has 0 aromatic heterocycles. The van der Waals surface area contributed by atoms with Gasteiger partial charge in [0.25, 0.3) is 0 Å². The molecule has 0 aliphatic heterocycles. The largest absolute Gasteiger partial charge is 0.472 e. The first-order valence-corrected chi connectivity index (χ1v) is 35.8. The van der Waals surface area contributed by atoms with Gasteiger partial charge < -0.3 is 19.4 Å². The van der Waals surface area contributed by atoms with Crippen molar-refractivity contribution < 1.29 is 37.3 Å². The number of amides is 1. The molecular weight excluding hydrogens is 1020 g/mol. The molecule has 0 aliphatic rings. The van der Waals surface area contributed by atoms with E-state index >= 15 is 0 Å². The molecule has 0 fully saturated rings. The third kappa shape index (κ3) is 61.8. The molecule has 0 saturated carbocycles. The minimum atomic E-state index is -4.46. The molecule has 472 valence electrons. The number of ether oxygens (including phenoxy) is 1. The molecule has 0 spiro atoms. The van der Waals surface area contributed by atoms with E-state index in [-0.39, 0.29) is 31.5 Å². The molecule has 3 atom stereocenters. The van der Waals surface area contributed by atoms with Crippen molar-refractivity contribution in [2.75, 3.05) is 40.9 Å². The summed E-state index contributed by atoms with van der Waals surface area (Å²) in [5, 5.41) is 3.06. The van der Waals surface area contributed by atoms with Crippen LogP contribution in [0.2, 0.25) is 0 Å². The summed E-state index contributed by atoms with van der Waals surface area (Å²) in [5.74, 6) is -0.513. The van der Waals surface area contributed by atoms with Gasteiger partial charge in [-0.1, -0.05) is 274 Å². The number of nitrogens with one attached hydrogen (secondary N) is 1. The summed E-state index contributed by atoms with van der Waals surface area (Å²) < 4.78 is 30.8. The molecule has 2 N–H and O–H groups in total. The van der Waals surface area contributed by atoms with Gasteiger partial charge in [-0.05, 0) is 102 Å². The van der Waals surface area contributed by atoms with Crippen molar-refractivity contribution in [3.05, 3.63) is 72.9 Å². The SMILES string of the molecule is CCCCC/C=C\C/C=C\C/C=C\CCCCCCCCC(=O)OC(/C=C\CCCCCCCCCCC)C(COP(=O)(O)OCC[N+](C)(C)C)NC(=O)CCCCCCCCCCCCCCCCC/C=C\C/C=C\CCCCC. The normalized spacial score (nSPS) is 14.0. The monoisotopic (exact) mass is 1160 g/mol. The number of carbonyl (C=O) groups excluding carboxylic acids is 2. The highest BCUT2D eigenvalue weighted by molar-refractivity contribution is 7.47. The van der Waals surface area contributed by atoms with E-state index in [0.29, 0.717) is 17.4 Å². The Bertz CT molecular complexity index is 1620. The van der Waals surface area contributed by atoms with Gasteiger partial charge in [0, 0.05) is 12.8 Å². The molecule has 0 aliphatic carbocycles. The van der Waals surface area contributed by atoms with E-state index in [1.807, 2.05) is 33.3 Å². The summed E-state index contributed by atoms with van der Waals surface area (Å²) in [6, 6.07) is -0.856. The highest BCUT2D eigenvalue weighted by atomic mass is 31.2. The van der Waals surface area contributed by atoms with E-state index in [1.54, 1.807) is 0 Å². The molecular formula is C71H132N2O7P+. The predicted octanol–water partition coefficient (Wildman–Crippen LogP) is 21.6. The first-order valence-electron chi connectivity index (χ1n) is 34.3. The van der Waals surface area contributed by atoms with Gasteiger partial charge in [0.1, 0.15) is 19.3 Å². The lowest BCUT2D eigenvalue weighted by Gasteiger charge is -2.27. The van der Waals surface area contributed by atoms with Crippen molar-refractivity contribution in [2.45, 2.75) is 328 Å². The van der Waals surface area contributed by atoms with Crippen LogP contribution >= 0.6 is 7.82 Å². The van der Waals surface area contributed by atoms with Crippen LogP contribution < -0.4 is 5.32 Å². The van der Waals surface area contributed by atoms with Crippen molar-refractivity contribution in [2.24, 2.45) is 0 Å². The molecule has 1 amide bonds. The number of rotatable bonds is 62. The summed E-state index contributed by atoms with van der Waals surface area (Å²) in [6.07, 6.45) is 79.1. The second-order valence-electron chi connectivity index (χ2n) is 24.3. The Morgan fingerprint density at radius 2 is 0.753 bits per heavy atom. The van der Waals surface area contributed by atoms with Crippen molar-refractivity contribution in [1.82, 2.24) is 5.32 Å². The van der Waals surface area contributed by atoms with Crippen LogP contribution in [-0.4, -0.2) is 74.3 Å². The minimum absolute atomic E-state index is 0.0367. The lowest BCUT2D eigenvalue weighted by Crippen LogP contribution is -2.47. The van der Waals surface area contributed by atoms with Crippen LogP contribution in [0.5, 0.6) is 0 Å². The fourth-order valence-corrected chi connectivity index (χ4v) is 10.5. The van der Waals surface area contributed by atoms with Gasteiger partial charge >= 0.3 is 13.8 Å². The predicted molar refractivity (Wildman–Crippen MR) is 351 cm³/mol. The fraction of sp³-hybridized carbons (Fsp3) is 0.803. The summed E-state index contributed by atoms with van der Waals surface area (Å²) in [4.78, 5) is 37.8. The highest BCUT2D eigenvalue weighted by Crippen LogP contribution is 2.43. The maximum absolute atomic E-state index is 13.6. The summed E-state index contributed by atoms with van der Waals surface area (Å²) in [7, 11) is 1.49. The molecule has 0 rings (SSSR count). The molecule has 3 unspecified atom stereocenters. The Morgan fingerprint density at radius 3 is 1.15 bits per heavy atom. The van der Waals surface area contributed by atoms with Gasteiger partial charge in [-0.25, -0.2) is 4.57 Å². The zero-order chi connectivity index (χ0) is 59.3. The first kappa shape index (κ1) is 78.5. The first-order chi connectivity index (χ1) is 39.4. The lowest BCUT2D eigenvalue weighted by atomic mass is 10.0. The molecule has 10 heteroatoms. The van der Waals surface area contributed by atoms with Gasteiger partial charge in [-0.2, -0.15) is 0 Å². The standard InChI is InChI=1S/C71H131N2O7P/c1-7-10-13-16-19-22-25-27-29-31-33-34-35-36-37-38-40-41-43-45-48-51-54-57-60-63-70(74)72-68(67-79-81(76,77)78-66-65-73(4,5)6)69(62-59-56-53-50-47-24-21-18-15-12-9-3)80-71(75)64-61-58-55-52-49-46-44-42-39-32-30-28-26-23-20-17-14-11-8-2/h19-20,22-23,27-30,39,42,59,62,68-69H,7-18,21,24-26,31-38,40-41,43-58,60-61,63-67H2,1-6H3,(H-,72,74,76,77)/p+1/b22-19-,23-20-,29-27-,30-28-,42-39-,62-59-. The number of esters is 1. The van der Waals surface area contributed by atoms with Gasteiger partial charge in [-0.15, -0.1) is 0 Å². The van der Waals surface area contributed by atoms with Gasteiger partial charge in [-0.3, -0.25) is 18.6 Å². The average molecular weight is 1160 g/mol. The van der Waals surface area contributed by atoms with E-state index in [9.17, 15) is 19.0 Å². The van der Waals surface area contributed by atoms with Crippen molar-refractivity contribution in [1.29, 1.82) is 0 Å². The number of phosphoric ester groups is 1. The second-order valence-corrected chi connectivity index (χ2v) is 25.8. The summed E-state index contributed by atoms with van der Waals surface area (Å²) >= 11 is 0. The van der Waals surface area contributed by atoms with Crippen molar-refractivity contribution in [3.63, 3.8) is 0 Å². The molecule has 0 radical (unpaired) electrons. The van der Waals surface area contributed by atoms with Gasteiger partial charge in [0.15, 0.2) is 0 Å². The van der Waals surface area contributed by atoms with Crippen molar-refractivity contribution >= 4 is 19.7 Å². The van der Waals surface area contributed by atoms with Crippen LogP contribution in [-0.2, 0) is 27.9 Å². The van der Waals surface area contributed by atoms with E-state index in [2.05, 4.69) is 86.8 Å². The van der Waals surface area contributed by atoms with E-state index in [4.69, 9.17) is 13.8 Å². The number of hydrogen-bond acceptors (Lipinski definition) is 6. The number of carbonyl (C=O) groups is 2. The topological polar surface area (TPSA) is 111 Å². The molecule has 0 aromatic rings. The second kappa shape index (κ2) is 60.6. The van der Waals surface area contributed by atoms with Gasteiger partial charge in [0.2, 0.25) is 5.91 Å². The van der Waals surface area contributed by atoms with E-state index in [1.165, 1.54) is 193 Å². The van der Waals surface area contributed by atoms with Crippen LogP contribution in [0.3, 0.4) is 0 Å². The summed E-state index contributed by atoms with van der Waals surface area (Å²) in [6.45, 7) is 6.97. The Morgan fingerprint density at radius 1 is 0.432 bits per heavy atom. The smallest absolute Gasteiger partial charge is 0.456 e. The van der Waals surface area contributed by atoms with Crippen LogP contribution in [0.4, 0.5) is 0 Å². The molecule has 0 saturated heterocycles. The number of allylic oxidation sites excluding steroid dienone is 11. The maximum atomic E-state index is 13.6. The molecule has 0 bridgehead atoms. The molecule has 0 heterocycles. The maximum Gasteiger partial charge on any atom is 0.472 e. The number of quaternary nitrogens is 1. The van der Waals surface area contributed by atoms with Crippen LogP contribution in [0.1, 0.15) is 316 Å². The molecule has 9 nitrogen and oxygen atoms in total. The average Bonchev–Trinajstić information content (AvgIpc) is 3.44.